The molecule has 196 valence electrons. The summed E-state index contributed by atoms with van der Waals surface area (Å²) in [6.07, 6.45) is 8.63. The number of rotatable bonds is 6. The van der Waals surface area contributed by atoms with Crippen molar-refractivity contribution in [1.29, 1.82) is 0 Å². The molecule has 0 spiro atoms. The minimum Gasteiger partial charge on any atom is -0.494 e. The zero-order chi connectivity index (χ0) is 24.8. The second-order valence-corrected chi connectivity index (χ2v) is 8.89. The molecule has 2 aliphatic heterocycles. The standard InChI is InChI=1S/C22H29N9O.C3H8.CH4/c1-3-32-18-6-4-17(5-7-18)31-20-19(27-21(31)23)13-24-22(28-20)26-15-12-25-30(14-15)16-8-10-29(2)11-9-16;1-3-2;/h4-7,12-14,16,21,27H,3,8-11,23H2,1-2H3,(H,24,26,28);3H2,1-2H3;1H4. The van der Waals surface area contributed by atoms with Gasteiger partial charge in [0.2, 0.25) is 5.95 Å². The van der Waals surface area contributed by atoms with E-state index < -0.39 is 6.29 Å². The first-order chi connectivity index (χ1) is 17.0. The van der Waals surface area contributed by atoms with Gasteiger partial charge >= 0.3 is 0 Å². The lowest BCUT2D eigenvalue weighted by atomic mass is 10.1. The summed E-state index contributed by atoms with van der Waals surface area (Å²) in [6.45, 7) is 9.03. The molecule has 2 aliphatic rings. The van der Waals surface area contributed by atoms with E-state index in [4.69, 9.17) is 15.5 Å². The van der Waals surface area contributed by atoms with Gasteiger partial charge in [0.1, 0.15) is 5.75 Å². The highest BCUT2D eigenvalue weighted by atomic mass is 16.5. The number of piperidine rings is 1. The molecule has 2 aromatic heterocycles. The molecule has 5 rings (SSSR count). The number of nitrogens with one attached hydrogen (secondary N) is 2. The second-order valence-electron chi connectivity index (χ2n) is 8.89. The highest BCUT2D eigenvalue weighted by Crippen LogP contribution is 2.38. The number of hydrogen-bond acceptors (Lipinski definition) is 9. The normalized spacial score (nSPS) is 17.4. The van der Waals surface area contributed by atoms with E-state index in [2.05, 4.69) is 46.5 Å². The molecule has 1 saturated heterocycles. The van der Waals surface area contributed by atoms with Gasteiger partial charge < -0.3 is 20.3 Å². The molecule has 1 unspecified atom stereocenters. The van der Waals surface area contributed by atoms with Crippen LogP contribution in [0, 0.1) is 0 Å². The van der Waals surface area contributed by atoms with Crippen molar-refractivity contribution in [3.8, 4) is 5.75 Å². The molecule has 1 aromatic carbocycles. The number of ether oxygens (including phenoxy) is 1. The van der Waals surface area contributed by atoms with E-state index in [1.54, 1.807) is 6.20 Å². The number of nitrogens with two attached hydrogens (primary N) is 1. The molecule has 0 aliphatic carbocycles. The van der Waals surface area contributed by atoms with Gasteiger partial charge in [0, 0.05) is 11.9 Å². The fraction of sp³-hybridized carbons (Fsp3) is 0.500. The SMILES string of the molecule is C.CCC.CCOc1ccc(N2c3nc(Nc4cnn(C5CCN(C)CC5)c4)ncc3NC2N)cc1. The van der Waals surface area contributed by atoms with Crippen molar-refractivity contribution in [3.05, 3.63) is 42.9 Å². The lowest BCUT2D eigenvalue weighted by molar-refractivity contribution is 0.212. The molecule has 3 aromatic rings. The molecule has 36 heavy (non-hydrogen) atoms. The van der Waals surface area contributed by atoms with Crippen molar-refractivity contribution >= 4 is 28.8 Å². The van der Waals surface area contributed by atoms with Crippen LogP contribution in [-0.4, -0.2) is 57.7 Å². The first kappa shape index (κ1) is 27.2. The number of hydrogen-bond donors (Lipinski definition) is 3. The zero-order valence-electron chi connectivity index (χ0n) is 21.1. The lowest BCUT2D eigenvalue weighted by Gasteiger charge is -2.28. The molecule has 4 heterocycles. The van der Waals surface area contributed by atoms with Crippen LogP contribution in [0.25, 0.3) is 0 Å². The van der Waals surface area contributed by atoms with Crippen molar-refractivity contribution in [2.45, 2.75) is 59.8 Å². The van der Waals surface area contributed by atoms with E-state index in [1.807, 2.05) is 53.2 Å². The minimum atomic E-state index is -0.431. The number of benzene rings is 1. The van der Waals surface area contributed by atoms with Crippen molar-refractivity contribution in [3.63, 3.8) is 0 Å². The first-order valence-corrected chi connectivity index (χ1v) is 12.4. The van der Waals surface area contributed by atoms with Crippen LogP contribution in [0.5, 0.6) is 5.75 Å². The van der Waals surface area contributed by atoms with Crippen molar-refractivity contribution in [2.24, 2.45) is 5.73 Å². The maximum absolute atomic E-state index is 6.33. The molecule has 0 radical (unpaired) electrons. The Morgan fingerprint density at radius 2 is 1.81 bits per heavy atom. The predicted octanol–water partition coefficient (Wildman–Crippen LogP) is 4.94. The molecule has 0 saturated carbocycles. The molecular weight excluding hydrogens is 454 g/mol. The van der Waals surface area contributed by atoms with E-state index >= 15 is 0 Å². The Hall–Kier alpha value is -3.37. The van der Waals surface area contributed by atoms with Crippen molar-refractivity contribution in [2.75, 3.05) is 42.3 Å². The summed E-state index contributed by atoms with van der Waals surface area (Å²) in [5.41, 5.74) is 8.92. The first-order valence-electron chi connectivity index (χ1n) is 12.4. The Bertz CT molecular complexity index is 1080. The van der Waals surface area contributed by atoms with Crippen LogP contribution >= 0.6 is 0 Å². The molecule has 0 amide bonds. The summed E-state index contributed by atoms with van der Waals surface area (Å²) >= 11 is 0. The molecule has 1 fully saturated rings. The second kappa shape index (κ2) is 12.5. The molecule has 10 heteroatoms. The average molecular weight is 496 g/mol. The summed E-state index contributed by atoms with van der Waals surface area (Å²) in [5, 5.41) is 11.1. The zero-order valence-corrected chi connectivity index (χ0v) is 21.1. The molecule has 0 bridgehead atoms. The Labute approximate surface area is 214 Å². The average Bonchev–Trinajstić information content (AvgIpc) is 3.44. The third-order valence-electron chi connectivity index (χ3n) is 5.92. The maximum Gasteiger partial charge on any atom is 0.229 e. The fourth-order valence-electron chi connectivity index (χ4n) is 4.22. The van der Waals surface area contributed by atoms with Gasteiger partial charge in [-0.3, -0.25) is 15.3 Å². The topological polar surface area (TPSA) is 109 Å². The number of likely N-dealkylation sites (tertiary alicyclic amines) is 1. The summed E-state index contributed by atoms with van der Waals surface area (Å²) in [7, 11) is 2.16. The van der Waals surface area contributed by atoms with Gasteiger partial charge in [-0.2, -0.15) is 10.1 Å². The number of aromatic nitrogens is 4. The number of anilines is 5. The van der Waals surface area contributed by atoms with Crippen LogP contribution in [0.1, 0.15) is 53.5 Å². The Morgan fingerprint density at radius 3 is 2.47 bits per heavy atom. The van der Waals surface area contributed by atoms with Crippen LogP contribution in [0.15, 0.2) is 42.9 Å². The Morgan fingerprint density at radius 1 is 1.11 bits per heavy atom. The highest BCUT2D eigenvalue weighted by molar-refractivity contribution is 5.79. The van der Waals surface area contributed by atoms with E-state index in [9.17, 15) is 0 Å². The quantitative estimate of drug-likeness (QED) is 0.438. The minimum absolute atomic E-state index is 0. The van der Waals surface area contributed by atoms with Gasteiger partial charge in [-0.1, -0.05) is 27.7 Å². The lowest BCUT2D eigenvalue weighted by Crippen LogP contribution is -2.40. The summed E-state index contributed by atoms with van der Waals surface area (Å²) in [4.78, 5) is 13.5. The smallest absolute Gasteiger partial charge is 0.229 e. The van der Waals surface area contributed by atoms with Gasteiger partial charge in [-0.15, -0.1) is 0 Å². The van der Waals surface area contributed by atoms with E-state index in [1.165, 1.54) is 6.42 Å². The number of nitrogens with zero attached hydrogens (tertiary/aromatic N) is 6. The van der Waals surface area contributed by atoms with Crippen molar-refractivity contribution < 1.29 is 4.74 Å². The monoisotopic (exact) mass is 495 g/mol. The maximum atomic E-state index is 6.33. The third kappa shape index (κ3) is 6.24. The van der Waals surface area contributed by atoms with Crippen LogP contribution in [0.3, 0.4) is 0 Å². The number of fused-ring (bicyclic) bond motifs is 1. The van der Waals surface area contributed by atoms with Crippen molar-refractivity contribution in [1.82, 2.24) is 24.6 Å². The predicted molar refractivity (Wildman–Crippen MR) is 147 cm³/mol. The summed E-state index contributed by atoms with van der Waals surface area (Å²) in [6, 6.07) is 8.24. The van der Waals surface area contributed by atoms with E-state index in [-0.39, 0.29) is 7.43 Å². The van der Waals surface area contributed by atoms with Crippen LogP contribution in [0.2, 0.25) is 0 Å². The molecular formula is C26H41N9O. The highest BCUT2D eigenvalue weighted by Gasteiger charge is 2.29. The summed E-state index contributed by atoms with van der Waals surface area (Å²) in [5.74, 6) is 2.05. The van der Waals surface area contributed by atoms with Gasteiger partial charge in [-0.25, -0.2) is 4.98 Å². The van der Waals surface area contributed by atoms with Gasteiger partial charge in [0.15, 0.2) is 12.1 Å². The van der Waals surface area contributed by atoms with Gasteiger partial charge in [0.05, 0.1) is 36.4 Å². The van der Waals surface area contributed by atoms with Crippen LogP contribution in [-0.2, 0) is 0 Å². The molecule has 10 nitrogen and oxygen atoms in total. The fourth-order valence-corrected chi connectivity index (χ4v) is 4.22. The van der Waals surface area contributed by atoms with Crippen LogP contribution in [0.4, 0.5) is 28.8 Å². The Balaban J connectivity index is 0.000000861. The molecule has 1 atom stereocenters. The van der Waals surface area contributed by atoms with Gasteiger partial charge in [-0.05, 0) is 64.2 Å². The van der Waals surface area contributed by atoms with E-state index in [0.717, 1.165) is 54.6 Å². The third-order valence-corrected chi connectivity index (χ3v) is 5.92. The largest absolute Gasteiger partial charge is 0.494 e. The van der Waals surface area contributed by atoms with Gasteiger partial charge in [0.25, 0.3) is 0 Å². The van der Waals surface area contributed by atoms with E-state index in [0.29, 0.717) is 18.6 Å². The van der Waals surface area contributed by atoms with Crippen LogP contribution < -0.4 is 26.0 Å². The molecule has 4 N–H and O–H groups in total. The Kier molecular flexibility index (Phi) is 9.49. The summed E-state index contributed by atoms with van der Waals surface area (Å²) < 4.78 is 7.59.